The fraction of sp³-hybridized carbons (Fsp3) is 0.500. The Kier molecular flexibility index (Phi) is 6.46. The molecular formula is C24H32N2O3. The molecule has 5 heteroatoms. The first kappa shape index (κ1) is 21.2. The zero-order chi connectivity index (χ0) is 20.9. The quantitative estimate of drug-likeness (QED) is 0.809. The molecule has 1 aromatic rings. The average molecular weight is 397 g/mol. The summed E-state index contributed by atoms with van der Waals surface area (Å²) in [5, 5.41) is 3.15. The molecule has 3 rings (SSSR count). The van der Waals surface area contributed by atoms with Crippen molar-refractivity contribution in [1.82, 2.24) is 10.2 Å². The van der Waals surface area contributed by atoms with E-state index in [0.29, 0.717) is 32.5 Å². The van der Waals surface area contributed by atoms with Gasteiger partial charge in [0.1, 0.15) is 5.60 Å². The number of nitrogens with one attached hydrogen (secondary N) is 1. The number of amides is 2. The summed E-state index contributed by atoms with van der Waals surface area (Å²) in [5.41, 5.74) is 1.18. The predicted octanol–water partition coefficient (Wildman–Crippen LogP) is 4.60. The summed E-state index contributed by atoms with van der Waals surface area (Å²) in [6, 6.07) is 9.95. The summed E-state index contributed by atoms with van der Waals surface area (Å²) < 4.78 is 5.52. The van der Waals surface area contributed by atoms with Crippen LogP contribution in [0.15, 0.2) is 54.1 Å². The van der Waals surface area contributed by atoms with E-state index in [4.69, 9.17) is 4.74 Å². The van der Waals surface area contributed by atoms with Crippen molar-refractivity contribution in [3.63, 3.8) is 0 Å². The fourth-order valence-electron chi connectivity index (χ4n) is 4.04. The van der Waals surface area contributed by atoms with Crippen LogP contribution in [0.1, 0.15) is 52.0 Å². The van der Waals surface area contributed by atoms with Gasteiger partial charge in [0.25, 0.3) is 0 Å². The minimum Gasteiger partial charge on any atom is -0.444 e. The number of allylic oxidation sites excluding steroid dienone is 3. The largest absolute Gasteiger partial charge is 0.444 e. The summed E-state index contributed by atoms with van der Waals surface area (Å²) in [5.74, 6) is 0.0618. The topological polar surface area (TPSA) is 58.6 Å². The van der Waals surface area contributed by atoms with Gasteiger partial charge in [0.15, 0.2) is 0 Å². The molecule has 1 heterocycles. The van der Waals surface area contributed by atoms with E-state index in [0.717, 1.165) is 18.4 Å². The summed E-state index contributed by atoms with van der Waals surface area (Å²) in [6.07, 6.45) is 9.05. The molecular weight excluding hydrogens is 364 g/mol. The van der Waals surface area contributed by atoms with Crippen LogP contribution in [0.2, 0.25) is 0 Å². The van der Waals surface area contributed by atoms with Gasteiger partial charge in [0.2, 0.25) is 5.91 Å². The molecule has 156 valence electrons. The summed E-state index contributed by atoms with van der Waals surface area (Å²) >= 11 is 0. The lowest BCUT2D eigenvalue weighted by molar-refractivity contribution is -0.131. The van der Waals surface area contributed by atoms with Crippen molar-refractivity contribution < 1.29 is 14.3 Å². The molecule has 1 aliphatic carbocycles. The van der Waals surface area contributed by atoms with Crippen LogP contribution in [-0.2, 0) is 16.1 Å². The van der Waals surface area contributed by atoms with Gasteiger partial charge in [-0.2, -0.15) is 0 Å². The minimum atomic E-state index is -0.557. The molecule has 5 nitrogen and oxygen atoms in total. The van der Waals surface area contributed by atoms with Gasteiger partial charge >= 0.3 is 6.09 Å². The number of hydrogen-bond donors (Lipinski definition) is 1. The molecule has 1 aliphatic heterocycles. The molecule has 0 bridgehead atoms. The maximum atomic E-state index is 13.4. The van der Waals surface area contributed by atoms with Crippen LogP contribution in [0.25, 0.3) is 0 Å². The third-order valence-corrected chi connectivity index (χ3v) is 5.63. The number of benzene rings is 1. The number of likely N-dealkylation sites (tertiary alicyclic amines) is 1. The Balaban J connectivity index is 1.72. The smallest absolute Gasteiger partial charge is 0.410 e. The lowest BCUT2D eigenvalue weighted by atomic mass is 9.69. The van der Waals surface area contributed by atoms with Gasteiger partial charge in [-0.3, -0.25) is 4.79 Å². The summed E-state index contributed by atoms with van der Waals surface area (Å²) in [7, 11) is 0. The first-order valence-corrected chi connectivity index (χ1v) is 10.5. The number of hydrogen-bond acceptors (Lipinski definition) is 3. The molecule has 0 saturated carbocycles. The number of piperidine rings is 1. The summed E-state index contributed by atoms with van der Waals surface area (Å²) in [6.45, 7) is 7.17. The van der Waals surface area contributed by atoms with E-state index in [1.54, 1.807) is 4.90 Å². The van der Waals surface area contributed by atoms with Crippen LogP contribution in [0.4, 0.5) is 4.79 Å². The number of carbonyl (C=O) groups is 2. The Morgan fingerprint density at radius 3 is 2.41 bits per heavy atom. The van der Waals surface area contributed by atoms with Crippen molar-refractivity contribution in [2.45, 2.75) is 58.6 Å². The lowest BCUT2D eigenvalue weighted by Gasteiger charge is -2.42. The van der Waals surface area contributed by atoms with Crippen molar-refractivity contribution in [3.05, 3.63) is 59.7 Å². The van der Waals surface area contributed by atoms with E-state index in [2.05, 4.69) is 17.5 Å². The highest BCUT2D eigenvalue weighted by atomic mass is 16.6. The highest BCUT2D eigenvalue weighted by molar-refractivity contribution is 5.86. The second kappa shape index (κ2) is 8.85. The van der Waals surface area contributed by atoms with E-state index < -0.39 is 11.0 Å². The zero-order valence-electron chi connectivity index (χ0n) is 17.7. The average Bonchev–Trinajstić information content (AvgIpc) is 2.72. The monoisotopic (exact) mass is 396 g/mol. The zero-order valence-corrected chi connectivity index (χ0v) is 17.7. The molecule has 0 spiro atoms. The van der Waals surface area contributed by atoms with Crippen LogP contribution in [0.5, 0.6) is 0 Å². The van der Waals surface area contributed by atoms with E-state index >= 15 is 0 Å². The number of nitrogens with zero attached hydrogens (tertiary/aromatic N) is 1. The molecule has 0 unspecified atom stereocenters. The Morgan fingerprint density at radius 2 is 1.83 bits per heavy atom. The molecule has 0 aromatic heterocycles. The van der Waals surface area contributed by atoms with Crippen molar-refractivity contribution in [2.24, 2.45) is 5.41 Å². The molecule has 0 atom stereocenters. The van der Waals surface area contributed by atoms with Crippen molar-refractivity contribution in [1.29, 1.82) is 0 Å². The molecule has 0 radical (unpaired) electrons. The highest BCUT2D eigenvalue weighted by Crippen LogP contribution is 2.42. The predicted molar refractivity (Wildman–Crippen MR) is 114 cm³/mol. The second-order valence-electron chi connectivity index (χ2n) is 8.88. The van der Waals surface area contributed by atoms with Crippen LogP contribution in [0.3, 0.4) is 0 Å². The van der Waals surface area contributed by atoms with E-state index in [9.17, 15) is 9.59 Å². The van der Waals surface area contributed by atoms with Gasteiger partial charge in [-0.05, 0) is 52.0 Å². The highest BCUT2D eigenvalue weighted by Gasteiger charge is 2.45. The van der Waals surface area contributed by atoms with Crippen molar-refractivity contribution in [2.75, 3.05) is 13.1 Å². The molecule has 1 N–H and O–H groups in total. The van der Waals surface area contributed by atoms with E-state index in [1.165, 1.54) is 5.57 Å². The normalized spacial score (nSPS) is 18.7. The first-order chi connectivity index (χ1) is 13.8. The standard InChI is InChI=1S/C24H32N2O3/c1-23(2,3)29-22(28)26-16-14-24(15-17-26,20-12-8-5-9-13-20)21(27)25-18-19-10-6-4-7-11-19/h4-8,10-12H,9,13-18H2,1-3H3,(H,25,27). The molecule has 29 heavy (non-hydrogen) atoms. The SMILES string of the molecule is CC(C)(C)OC(=O)N1CCC(C(=O)NCc2ccccc2)(C2=CC=CCC2)CC1. The van der Waals surface area contributed by atoms with Crippen LogP contribution in [-0.4, -0.2) is 35.6 Å². The third-order valence-electron chi connectivity index (χ3n) is 5.63. The Labute approximate surface area is 173 Å². The van der Waals surface area contributed by atoms with Crippen molar-refractivity contribution >= 4 is 12.0 Å². The molecule has 1 saturated heterocycles. The van der Waals surface area contributed by atoms with Crippen LogP contribution < -0.4 is 5.32 Å². The first-order valence-electron chi connectivity index (χ1n) is 10.5. The molecule has 2 amide bonds. The van der Waals surface area contributed by atoms with Crippen molar-refractivity contribution in [3.8, 4) is 0 Å². The molecule has 1 aromatic carbocycles. The minimum absolute atomic E-state index is 0.0618. The van der Waals surface area contributed by atoms with Crippen LogP contribution >= 0.6 is 0 Å². The Bertz CT molecular complexity index is 782. The van der Waals surface area contributed by atoms with Gasteiger partial charge in [0.05, 0.1) is 5.41 Å². The van der Waals surface area contributed by atoms with Crippen LogP contribution in [0, 0.1) is 5.41 Å². The fourth-order valence-corrected chi connectivity index (χ4v) is 4.04. The Hall–Kier alpha value is -2.56. The third kappa shape index (κ3) is 5.28. The van der Waals surface area contributed by atoms with Gasteiger partial charge < -0.3 is 15.0 Å². The second-order valence-corrected chi connectivity index (χ2v) is 8.88. The molecule has 1 fully saturated rings. The number of rotatable bonds is 4. The number of ether oxygens (including phenoxy) is 1. The maximum Gasteiger partial charge on any atom is 0.410 e. The Morgan fingerprint density at radius 1 is 1.14 bits per heavy atom. The lowest BCUT2D eigenvalue weighted by Crippen LogP contribution is -2.51. The summed E-state index contributed by atoms with van der Waals surface area (Å²) in [4.78, 5) is 27.6. The maximum absolute atomic E-state index is 13.4. The van der Waals surface area contributed by atoms with Gasteiger partial charge in [-0.1, -0.05) is 54.1 Å². The van der Waals surface area contributed by atoms with E-state index in [-0.39, 0.29) is 12.0 Å². The van der Waals surface area contributed by atoms with Gasteiger partial charge in [0, 0.05) is 19.6 Å². The number of carbonyl (C=O) groups excluding carboxylic acids is 2. The van der Waals surface area contributed by atoms with Gasteiger partial charge in [-0.15, -0.1) is 0 Å². The molecule has 2 aliphatic rings. The van der Waals surface area contributed by atoms with Gasteiger partial charge in [-0.25, -0.2) is 4.79 Å². The van der Waals surface area contributed by atoms with E-state index in [1.807, 2.05) is 57.2 Å².